The Bertz CT molecular complexity index is 335. The quantitative estimate of drug-likeness (QED) is 0.797. The first kappa shape index (κ1) is 12.4. The zero-order chi connectivity index (χ0) is 11.9. The molecule has 1 saturated heterocycles. The number of aryl methyl sites for hydroxylation is 1. The zero-order valence-electron chi connectivity index (χ0n) is 10.4. The number of hydrogen-bond acceptors (Lipinski definition) is 3. The number of rotatable bonds is 5. The number of nitrogens with two attached hydrogens (primary N) is 1. The summed E-state index contributed by atoms with van der Waals surface area (Å²) in [5.74, 6) is 0.884. The second-order valence-electron chi connectivity index (χ2n) is 4.88. The van der Waals surface area contributed by atoms with Gasteiger partial charge in [-0.1, -0.05) is 12.8 Å². The summed E-state index contributed by atoms with van der Waals surface area (Å²) in [5.41, 5.74) is 7.96. The number of aromatic nitrogens is 1. The predicted octanol–water partition coefficient (Wildman–Crippen LogP) is 2.80. The Morgan fingerprint density at radius 2 is 2.12 bits per heavy atom. The van der Waals surface area contributed by atoms with E-state index in [9.17, 15) is 0 Å². The van der Waals surface area contributed by atoms with E-state index in [4.69, 9.17) is 10.5 Å². The standard InChI is InChI=1S/C14H22N2O/c15-14-5-8-16-11-13(14)4-2-1-3-12-6-9-17-10-7-12/h5,8,11-12H,1-4,6-7,9-10H2,(H2,15,16). The SMILES string of the molecule is Nc1ccncc1CCCCC1CCOCC1. The Morgan fingerprint density at radius 3 is 2.88 bits per heavy atom. The van der Waals surface area contributed by atoms with Crippen molar-refractivity contribution in [2.45, 2.75) is 38.5 Å². The molecular formula is C14H22N2O. The molecular weight excluding hydrogens is 212 g/mol. The van der Waals surface area contributed by atoms with Gasteiger partial charge in [-0.25, -0.2) is 0 Å². The number of ether oxygens (including phenoxy) is 1. The lowest BCUT2D eigenvalue weighted by molar-refractivity contribution is 0.0632. The van der Waals surface area contributed by atoms with E-state index in [0.717, 1.165) is 31.2 Å². The molecule has 1 aromatic rings. The Morgan fingerprint density at radius 1 is 1.29 bits per heavy atom. The van der Waals surface area contributed by atoms with Crippen molar-refractivity contribution in [3.8, 4) is 0 Å². The van der Waals surface area contributed by atoms with Crippen LogP contribution in [-0.2, 0) is 11.2 Å². The number of pyridine rings is 1. The first-order valence-electron chi connectivity index (χ1n) is 6.62. The summed E-state index contributed by atoms with van der Waals surface area (Å²) in [6.07, 6.45) is 11.0. The Balaban J connectivity index is 1.64. The van der Waals surface area contributed by atoms with Gasteiger partial charge in [0.1, 0.15) is 0 Å². The minimum atomic E-state index is 0.881. The molecule has 0 amide bonds. The highest BCUT2D eigenvalue weighted by Gasteiger charge is 2.12. The van der Waals surface area contributed by atoms with Gasteiger partial charge >= 0.3 is 0 Å². The van der Waals surface area contributed by atoms with Gasteiger partial charge in [0.05, 0.1) is 0 Å². The van der Waals surface area contributed by atoms with Crippen molar-refractivity contribution in [1.29, 1.82) is 0 Å². The van der Waals surface area contributed by atoms with E-state index in [1.54, 1.807) is 6.20 Å². The molecule has 0 atom stereocenters. The summed E-state index contributed by atoms with van der Waals surface area (Å²) >= 11 is 0. The molecule has 2 heterocycles. The van der Waals surface area contributed by atoms with E-state index in [0.29, 0.717) is 0 Å². The second kappa shape index (κ2) is 6.60. The van der Waals surface area contributed by atoms with Gasteiger partial charge in [-0.15, -0.1) is 0 Å². The van der Waals surface area contributed by atoms with Crippen LogP contribution in [0.5, 0.6) is 0 Å². The van der Waals surface area contributed by atoms with Crippen molar-refractivity contribution in [3.63, 3.8) is 0 Å². The molecule has 2 rings (SSSR count). The van der Waals surface area contributed by atoms with Crippen LogP contribution in [0.3, 0.4) is 0 Å². The van der Waals surface area contributed by atoms with Crippen LogP contribution >= 0.6 is 0 Å². The molecule has 1 fully saturated rings. The number of anilines is 1. The average Bonchev–Trinajstić information content (AvgIpc) is 2.38. The third-order valence-electron chi connectivity index (χ3n) is 3.59. The molecule has 0 saturated carbocycles. The van der Waals surface area contributed by atoms with Gasteiger partial charge < -0.3 is 10.5 Å². The number of unbranched alkanes of at least 4 members (excludes halogenated alkanes) is 1. The number of nitrogen functional groups attached to an aromatic ring is 1. The van der Waals surface area contributed by atoms with Crippen LogP contribution < -0.4 is 5.73 Å². The lowest BCUT2D eigenvalue weighted by Gasteiger charge is -2.21. The van der Waals surface area contributed by atoms with Gasteiger partial charge in [-0.2, -0.15) is 0 Å². The van der Waals surface area contributed by atoms with Crippen molar-refractivity contribution in [2.24, 2.45) is 5.92 Å². The van der Waals surface area contributed by atoms with Gasteiger partial charge in [-0.3, -0.25) is 4.98 Å². The van der Waals surface area contributed by atoms with Crippen molar-refractivity contribution < 1.29 is 4.74 Å². The first-order valence-corrected chi connectivity index (χ1v) is 6.62. The fourth-order valence-electron chi connectivity index (χ4n) is 2.43. The molecule has 1 aliphatic heterocycles. The molecule has 1 aliphatic rings. The van der Waals surface area contributed by atoms with Gasteiger partial charge in [0.2, 0.25) is 0 Å². The monoisotopic (exact) mass is 234 g/mol. The molecule has 0 aliphatic carbocycles. The van der Waals surface area contributed by atoms with Crippen LogP contribution in [0.1, 0.15) is 37.7 Å². The molecule has 17 heavy (non-hydrogen) atoms. The molecule has 0 aromatic carbocycles. The summed E-state index contributed by atoms with van der Waals surface area (Å²) < 4.78 is 5.37. The third-order valence-corrected chi connectivity index (χ3v) is 3.59. The fourth-order valence-corrected chi connectivity index (χ4v) is 2.43. The predicted molar refractivity (Wildman–Crippen MR) is 69.7 cm³/mol. The summed E-state index contributed by atoms with van der Waals surface area (Å²) in [4.78, 5) is 4.12. The normalized spacial score (nSPS) is 17.2. The molecule has 3 heteroatoms. The minimum absolute atomic E-state index is 0.881. The summed E-state index contributed by atoms with van der Waals surface area (Å²) in [5, 5.41) is 0. The van der Waals surface area contributed by atoms with Gasteiger partial charge in [0.15, 0.2) is 0 Å². The minimum Gasteiger partial charge on any atom is -0.398 e. The van der Waals surface area contributed by atoms with Crippen molar-refractivity contribution in [3.05, 3.63) is 24.0 Å². The highest BCUT2D eigenvalue weighted by Crippen LogP contribution is 2.22. The van der Waals surface area contributed by atoms with Crippen LogP contribution in [0.2, 0.25) is 0 Å². The molecule has 0 spiro atoms. The molecule has 0 bridgehead atoms. The Hall–Kier alpha value is -1.09. The summed E-state index contributed by atoms with van der Waals surface area (Å²) in [6, 6.07) is 1.88. The molecule has 2 N–H and O–H groups in total. The van der Waals surface area contributed by atoms with E-state index < -0.39 is 0 Å². The lowest BCUT2D eigenvalue weighted by atomic mass is 9.93. The van der Waals surface area contributed by atoms with E-state index in [-0.39, 0.29) is 0 Å². The molecule has 0 radical (unpaired) electrons. The molecule has 94 valence electrons. The highest BCUT2D eigenvalue weighted by atomic mass is 16.5. The highest BCUT2D eigenvalue weighted by molar-refractivity contribution is 5.44. The molecule has 0 unspecified atom stereocenters. The maximum Gasteiger partial charge on any atom is 0.0468 e. The van der Waals surface area contributed by atoms with Crippen molar-refractivity contribution in [1.82, 2.24) is 4.98 Å². The van der Waals surface area contributed by atoms with Crippen LogP contribution in [0.4, 0.5) is 5.69 Å². The maximum atomic E-state index is 5.89. The molecule has 1 aromatic heterocycles. The van der Waals surface area contributed by atoms with E-state index in [2.05, 4.69) is 4.98 Å². The average molecular weight is 234 g/mol. The smallest absolute Gasteiger partial charge is 0.0468 e. The van der Waals surface area contributed by atoms with Crippen LogP contribution in [0, 0.1) is 5.92 Å². The van der Waals surface area contributed by atoms with Crippen LogP contribution in [0.15, 0.2) is 18.5 Å². The largest absolute Gasteiger partial charge is 0.398 e. The second-order valence-corrected chi connectivity index (χ2v) is 4.88. The van der Waals surface area contributed by atoms with Crippen molar-refractivity contribution >= 4 is 5.69 Å². The first-order chi connectivity index (χ1) is 8.36. The Kier molecular flexibility index (Phi) is 4.80. The van der Waals surface area contributed by atoms with Gasteiger partial charge in [0.25, 0.3) is 0 Å². The number of nitrogens with zero attached hydrogens (tertiary/aromatic N) is 1. The van der Waals surface area contributed by atoms with E-state index in [1.807, 2.05) is 12.3 Å². The summed E-state index contributed by atoms with van der Waals surface area (Å²) in [7, 11) is 0. The van der Waals surface area contributed by atoms with Crippen LogP contribution in [0.25, 0.3) is 0 Å². The van der Waals surface area contributed by atoms with Gasteiger partial charge in [0, 0.05) is 31.3 Å². The summed E-state index contributed by atoms with van der Waals surface area (Å²) in [6.45, 7) is 1.92. The fraction of sp³-hybridized carbons (Fsp3) is 0.643. The molecule has 3 nitrogen and oxygen atoms in total. The number of hydrogen-bond donors (Lipinski definition) is 1. The topological polar surface area (TPSA) is 48.1 Å². The van der Waals surface area contributed by atoms with Gasteiger partial charge in [-0.05, 0) is 43.2 Å². The van der Waals surface area contributed by atoms with E-state index >= 15 is 0 Å². The zero-order valence-corrected chi connectivity index (χ0v) is 10.4. The Labute approximate surface area is 103 Å². The third kappa shape index (κ3) is 4.00. The lowest BCUT2D eigenvalue weighted by Crippen LogP contribution is -2.15. The maximum absolute atomic E-state index is 5.89. The van der Waals surface area contributed by atoms with Crippen molar-refractivity contribution in [2.75, 3.05) is 18.9 Å². The van der Waals surface area contributed by atoms with Crippen LogP contribution in [-0.4, -0.2) is 18.2 Å². The van der Waals surface area contributed by atoms with E-state index in [1.165, 1.54) is 37.7 Å².